The molecule has 23 heavy (non-hydrogen) atoms. The summed E-state index contributed by atoms with van der Waals surface area (Å²) in [7, 11) is 0. The molecule has 0 aliphatic heterocycles. The van der Waals surface area contributed by atoms with Gasteiger partial charge < -0.3 is 4.42 Å². The van der Waals surface area contributed by atoms with Crippen molar-refractivity contribution in [3.63, 3.8) is 0 Å². The number of fused-ring (bicyclic) bond motifs is 1. The van der Waals surface area contributed by atoms with E-state index < -0.39 is 0 Å². The molecule has 0 saturated heterocycles. The van der Waals surface area contributed by atoms with Gasteiger partial charge in [-0.2, -0.15) is 0 Å². The Balaban J connectivity index is 1.65. The maximum Gasteiger partial charge on any atom is 0.273 e. The zero-order valence-electron chi connectivity index (χ0n) is 13.4. The largest absolute Gasteiger partial charge is 0.466 e. The Morgan fingerprint density at radius 3 is 2.35 bits per heavy atom. The van der Waals surface area contributed by atoms with Crippen molar-refractivity contribution in [3.05, 3.63) is 58.0 Å². The molecule has 0 radical (unpaired) electrons. The molecule has 120 valence electrons. The maximum absolute atomic E-state index is 12.2. The number of benzene rings is 1. The van der Waals surface area contributed by atoms with Gasteiger partial charge in [0, 0.05) is 5.56 Å². The van der Waals surface area contributed by atoms with E-state index in [1.807, 2.05) is 12.1 Å². The fourth-order valence-corrected chi connectivity index (χ4v) is 2.98. The van der Waals surface area contributed by atoms with Crippen LogP contribution in [0.3, 0.4) is 0 Å². The summed E-state index contributed by atoms with van der Waals surface area (Å²) in [5, 5.41) is 0. The molecular weight excluding hydrogens is 292 g/mol. The average molecular weight is 312 g/mol. The second kappa shape index (κ2) is 6.28. The third-order valence-electron chi connectivity index (χ3n) is 4.19. The lowest BCUT2D eigenvalue weighted by Gasteiger charge is -2.16. The smallest absolute Gasteiger partial charge is 0.273 e. The van der Waals surface area contributed by atoms with Crippen LogP contribution in [-0.2, 0) is 12.8 Å². The van der Waals surface area contributed by atoms with E-state index in [4.69, 9.17) is 4.42 Å². The summed E-state index contributed by atoms with van der Waals surface area (Å²) in [4.78, 5) is 24.3. The van der Waals surface area contributed by atoms with Crippen LogP contribution in [0.4, 0.5) is 0 Å². The van der Waals surface area contributed by atoms with E-state index in [1.165, 1.54) is 17.5 Å². The van der Waals surface area contributed by atoms with Crippen LogP contribution in [-0.4, -0.2) is 11.8 Å². The molecule has 0 fully saturated rings. The predicted molar refractivity (Wildman–Crippen MR) is 86.2 cm³/mol. The molecule has 3 rings (SSSR count). The number of nitrogens with one attached hydrogen (secondary N) is 2. The predicted octanol–water partition coefficient (Wildman–Crippen LogP) is 2.85. The van der Waals surface area contributed by atoms with Crippen molar-refractivity contribution in [2.75, 3.05) is 0 Å². The van der Waals surface area contributed by atoms with Gasteiger partial charge >= 0.3 is 0 Å². The summed E-state index contributed by atoms with van der Waals surface area (Å²) < 4.78 is 5.32. The number of hydrogen-bond donors (Lipinski definition) is 2. The topological polar surface area (TPSA) is 71.3 Å². The molecule has 0 unspecified atom stereocenters. The molecule has 0 atom stereocenters. The molecular formula is C18H20N2O3. The number of carbonyl (C=O) groups is 2. The van der Waals surface area contributed by atoms with Crippen LogP contribution in [0.1, 0.15) is 56.2 Å². The van der Waals surface area contributed by atoms with Crippen molar-refractivity contribution >= 4 is 11.8 Å². The first kappa shape index (κ1) is 15.3. The molecule has 2 aromatic rings. The average Bonchev–Trinajstić information content (AvgIpc) is 2.90. The van der Waals surface area contributed by atoms with E-state index in [9.17, 15) is 9.59 Å². The Kier molecular flexibility index (Phi) is 4.19. The van der Waals surface area contributed by atoms with Crippen molar-refractivity contribution in [2.45, 2.75) is 39.5 Å². The number of aryl methyl sites for hydroxylation is 4. The molecule has 1 aromatic heterocycles. The minimum Gasteiger partial charge on any atom is -0.466 e. The Morgan fingerprint density at radius 1 is 0.957 bits per heavy atom. The standard InChI is InChI=1S/C18H20N2O3/c1-11-9-16(12(2)23-11)18(22)20-19-17(21)15-8-7-13-5-3-4-6-14(13)10-15/h7-10H,3-6H2,1-2H3,(H,19,21)(H,20,22). The summed E-state index contributed by atoms with van der Waals surface area (Å²) in [5.41, 5.74) is 8.43. The van der Waals surface area contributed by atoms with Crippen molar-refractivity contribution < 1.29 is 14.0 Å². The number of furan rings is 1. The van der Waals surface area contributed by atoms with Crippen molar-refractivity contribution in [3.8, 4) is 0 Å². The van der Waals surface area contributed by atoms with E-state index in [1.54, 1.807) is 26.0 Å². The lowest BCUT2D eigenvalue weighted by molar-refractivity contribution is 0.0845. The fourth-order valence-electron chi connectivity index (χ4n) is 2.98. The molecule has 1 aliphatic rings. The zero-order chi connectivity index (χ0) is 16.4. The van der Waals surface area contributed by atoms with Crippen LogP contribution >= 0.6 is 0 Å². The minimum absolute atomic E-state index is 0.315. The second-order valence-electron chi connectivity index (χ2n) is 5.93. The van der Waals surface area contributed by atoms with E-state index in [0.29, 0.717) is 22.6 Å². The summed E-state index contributed by atoms with van der Waals surface area (Å²) >= 11 is 0. The first-order valence-electron chi connectivity index (χ1n) is 7.84. The molecule has 0 saturated carbocycles. The minimum atomic E-state index is -0.384. The van der Waals surface area contributed by atoms with Gasteiger partial charge in [-0.3, -0.25) is 20.4 Å². The number of carbonyl (C=O) groups excluding carboxylic acids is 2. The lowest BCUT2D eigenvalue weighted by atomic mass is 9.90. The second-order valence-corrected chi connectivity index (χ2v) is 5.93. The number of amides is 2. The van der Waals surface area contributed by atoms with Crippen LogP contribution in [0.15, 0.2) is 28.7 Å². The number of hydrogen-bond acceptors (Lipinski definition) is 3. The highest BCUT2D eigenvalue weighted by atomic mass is 16.3. The van der Waals surface area contributed by atoms with Crippen LogP contribution in [0.2, 0.25) is 0 Å². The third kappa shape index (κ3) is 3.28. The van der Waals surface area contributed by atoms with Gasteiger partial charge in [0.1, 0.15) is 11.5 Å². The summed E-state index contributed by atoms with van der Waals surface area (Å²) in [5.74, 6) is 0.493. The van der Waals surface area contributed by atoms with E-state index in [0.717, 1.165) is 19.3 Å². The van der Waals surface area contributed by atoms with Crippen molar-refractivity contribution in [1.29, 1.82) is 0 Å². The molecule has 1 aliphatic carbocycles. The molecule has 0 spiro atoms. The Hall–Kier alpha value is -2.56. The van der Waals surface area contributed by atoms with Gasteiger partial charge in [-0.25, -0.2) is 0 Å². The quantitative estimate of drug-likeness (QED) is 0.838. The molecule has 5 heteroatoms. The Morgan fingerprint density at radius 2 is 1.65 bits per heavy atom. The van der Waals surface area contributed by atoms with E-state index in [-0.39, 0.29) is 11.8 Å². The van der Waals surface area contributed by atoms with Gasteiger partial charge in [-0.05, 0) is 68.9 Å². The van der Waals surface area contributed by atoms with Gasteiger partial charge in [0.25, 0.3) is 11.8 Å². The monoisotopic (exact) mass is 312 g/mol. The molecule has 2 amide bonds. The van der Waals surface area contributed by atoms with Crippen LogP contribution < -0.4 is 10.9 Å². The number of rotatable bonds is 2. The summed E-state index contributed by atoms with van der Waals surface area (Å²) in [6, 6.07) is 7.38. The molecule has 1 heterocycles. The highest BCUT2D eigenvalue weighted by Gasteiger charge is 2.16. The number of hydrazine groups is 1. The van der Waals surface area contributed by atoms with Gasteiger partial charge in [0.15, 0.2) is 0 Å². The van der Waals surface area contributed by atoms with Crippen molar-refractivity contribution in [1.82, 2.24) is 10.9 Å². The van der Waals surface area contributed by atoms with E-state index >= 15 is 0 Å². The molecule has 2 N–H and O–H groups in total. The molecule has 1 aromatic carbocycles. The lowest BCUT2D eigenvalue weighted by Crippen LogP contribution is -2.41. The Bertz CT molecular complexity index is 762. The van der Waals surface area contributed by atoms with Gasteiger partial charge in [-0.1, -0.05) is 6.07 Å². The van der Waals surface area contributed by atoms with Crippen molar-refractivity contribution in [2.24, 2.45) is 0 Å². The highest BCUT2D eigenvalue weighted by Crippen LogP contribution is 2.22. The van der Waals surface area contributed by atoms with E-state index in [2.05, 4.69) is 10.9 Å². The fraction of sp³-hybridized carbons (Fsp3) is 0.333. The van der Waals surface area contributed by atoms with Crippen LogP contribution in [0, 0.1) is 13.8 Å². The van der Waals surface area contributed by atoms with Gasteiger partial charge in [0.2, 0.25) is 0 Å². The first-order valence-corrected chi connectivity index (χ1v) is 7.84. The first-order chi connectivity index (χ1) is 11.0. The Labute approximate surface area is 135 Å². The summed E-state index contributed by atoms with van der Waals surface area (Å²) in [6.45, 7) is 3.49. The zero-order valence-corrected chi connectivity index (χ0v) is 13.4. The SMILES string of the molecule is Cc1cc(C(=O)NNC(=O)c2ccc3c(c2)CCCC3)c(C)o1. The normalized spacial score (nSPS) is 13.3. The molecule has 5 nitrogen and oxygen atoms in total. The van der Waals surface area contributed by atoms with Crippen LogP contribution in [0.5, 0.6) is 0 Å². The third-order valence-corrected chi connectivity index (χ3v) is 4.19. The van der Waals surface area contributed by atoms with Gasteiger partial charge in [-0.15, -0.1) is 0 Å². The molecule has 0 bridgehead atoms. The van der Waals surface area contributed by atoms with Crippen LogP contribution in [0.25, 0.3) is 0 Å². The summed E-state index contributed by atoms with van der Waals surface area (Å²) in [6.07, 6.45) is 4.45. The maximum atomic E-state index is 12.2. The van der Waals surface area contributed by atoms with Gasteiger partial charge in [0.05, 0.1) is 5.56 Å². The highest BCUT2D eigenvalue weighted by molar-refractivity contribution is 5.99.